The zero-order valence-electron chi connectivity index (χ0n) is 38.2. The van der Waals surface area contributed by atoms with Crippen molar-refractivity contribution >= 4 is 5.97 Å². The number of hydrogen-bond donors (Lipinski definition) is 3. The van der Waals surface area contributed by atoms with E-state index in [1.165, 1.54) is 0 Å². The van der Waals surface area contributed by atoms with Gasteiger partial charge in [0.05, 0.1) is 49.3 Å². The molecule has 6 aliphatic heterocycles. The summed E-state index contributed by atoms with van der Waals surface area (Å²) in [6.45, 7) is 16.1. The van der Waals surface area contributed by atoms with E-state index in [2.05, 4.69) is 39.8 Å². The maximum Gasteiger partial charge on any atom is 0.316 e. The third-order valence-corrected chi connectivity index (χ3v) is 14.5. The Morgan fingerprint density at radius 1 is 0.887 bits per heavy atom. The number of methoxy groups -OCH3 is 2. The number of ether oxygens (including phenoxy) is 10. The Labute approximate surface area is 367 Å². The Kier molecular flexibility index (Phi) is 15.1. The predicted molar refractivity (Wildman–Crippen MR) is 227 cm³/mol. The Morgan fingerprint density at radius 3 is 2.32 bits per heavy atom. The van der Waals surface area contributed by atoms with E-state index in [0.717, 1.165) is 12.0 Å². The van der Waals surface area contributed by atoms with Crippen LogP contribution in [0.15, 0.2) is 59.3 Å². The summed E-state index contributed by atoms with van der Waals surface area (Å²) in [5.74, 6) is -2.56. The molecular weight excluding hydrogens is 801 g/mol. The minimum Gasteiger partial charge on any atom is -0.462 e. The van der Waals surface area contributed by atoms with Crippen LogP contribution in [-0.4, -0.2) is 139 Å². The Bertz CT molecular complexity index is 1730. The van der Waals surface area contributed by atoms with Crippen molar-refractivity contribution in [2.75, 3.05) is 20.8 Å². The maximum absolute atomic E-state index is 14.3. The quantitative estimate of drug-likeness (QED) is 0.210. The first-order valence-corrected chi connectivity index (χ1v) is 22.9. The molecular formula is C48H72O14. The highest BCUT2D eigenvalue weighted by atomic mass is 16.7. The molecule has 0 radical (unpaired) electrons. The predicted octanol–water partition coefficient (Wildman–Crippen LogP) is 5.38. The summed E-state index contributed by atoms with van der Waals surface area (Å²) < 4.78 is 63.7. The van der Waals surface area contributed by atoms with Gasteiger partial charge in [0.25, 0.3) is 0 Å². The first kappa shape index (κ1) is 47.6. The zero-order valence-corrected chi connectivity index (χ0v) is 38.2. The Hall–Kier alpha value is -2.31. The van der Waals surface area contributed by atoms with Crippen molar-refractivity contribution in [3.05, 3.63) is 59.3 Å². The number of fused-ring (bicyclic) bond motifs is 2. The molecule has 4 fully saturated rings. The smallest absolute Gasteiger partial charge is 0.316 e. The number of aliphatic hydroxyl groups excluding tert-OH is 2. The van der Waals surface area contributed by atoms with Crippen LogP contribution in [0.5, 0.6) is 0 Å². The molecule has 0 aromatic carbocycles. The number of esters is 1. The monoisotopic (exact) mass is 872 g/mol. The molecule has 2 bridgehead atoms. The zero-order chi connectivity index (χ0) is 44.7. The van der Waals surface area contributed by atoms with Crippen molar-refractivity contribution in [1.82, 2.24) is 0 Å². The average Bonchev–Trinajstić information content (AvgIpc) is 3.58. The first-order chi connectivity index (χ1) is 29.5. The van der Waals surface area contributed by atoms with Gasteiger partial charge in [-0.05, 0) is 62.8 Å². The van der Waals surface area contributed by atoms with E-state index < -0.39 is 90.8 Å². The van der Waals surface area contributed by atoms with E-state index in [9.17, 15) is 20.1 Å². The van der Waals surface area contributed by atoms with Crippen LogP contribution in [0.3, 0.4) is 0 Å². The SMILES string of the molecule is CC[C@H](C)[C@H]1O[C@]2(C=C[C@@H]1C)C[C@@H]1C[C@@H](C/C=C(\C)C(O[C@H]3C[C@H](OC)C(O[C@H]4C[C@H](OC)[C@@H](O)[C@H](C)O4)[C@H](C)O3)[C@@H](C)/C=C/C=C3\CO[C@H]4[C@H](O)C(C)=C[C@H](C(=O)O1)[C@]34O)O2. The van der Waals surface area contributed by atoms with Crippen molar-refractivity contribution in [3.63, 3.8) is 0 Å². The number of carbonyl (C=O) groups excluding carboxylic acids is 1. The Balaban J connectivity index is 1.18. The highest BCUT2D eigenvalue weighted by molar-refractivity contribution is 5.78. The first-order valence-electron chi connectivity index (χ1n) is 22.9. The van der Waals surface area contributed by atoms with E-state index in [1.54, 1.807) is 40.2 Å². The lowest BCUT2D eigenvalue weighted by Gasteiger charge is -2.48. The van der Waals surface area contributed by atoms with Gasteiger partial charge in [-0.2, -0.15) is 0 Å². The van der Waals surface area contributed by atoms with Gasteiger partial charge in [0.15, 0.2) is 18.4 Å². The van der Waals surface area contributed by atoms with E-state index in [1.807, 2.05) is 32.1 Å². The topological polar surface area (TPSA) is 170 Å². The highest BCUT2D eigenvalue weighted by Crippen LogP contribution is 2.47. The standard InChI is InChI=1S/C48H72O14/c1-11-25(2)43-28(5)17-18-47(62-43)23-34-20-33(61-47)16-15-27(4)42(26(3)13-12-14-32-24-55-45-40(49)29(6)19-35(46(51)58-34)48(32,45)52)59-39-22-37(54-10)44(31(8)57-39)60-38-21-36(53-9)41(50)30(7)56-38/h12-15,17-19,25-26,28,30-31,33-45,49-50,52H,11,16,20-24H2,1-10H3/b13-12+,27-15+,32-14+/t25-,26-,28-,30-,31-,33+,34-,35+,36-,37-,38-,39-,40+,41-,42?,43+,44?,45-,47+,48+/m0/s1. The lowest BCUT2D eigenvalue weighted by Crippen LogP contribution is -2.58. The van der Waals surface area contributed by atoms with Crippen molar-refractivity contribution in [3.8, 4) is 0 Å². The number of rotatable bonds is 8. The number of allylic oxidation sites excluding steroid dienone is 2. The summed E-state index contributed by atoms with van der Waals surface area (Å²) in [5, 5.41) is 34.2. The molecule has 14 nitrogen and oxygen atoms in total. The van der Waals surface area contributed by atoms with Gasteiger partial charge in [0, 0.05) is 51.7 Å². The second-order valence-electron chi connectivity index (χ2n) is 19.0. The third kappa shape index (κ3) is 9.64. The Morgan fingerprint density at radius 2 is 1.60 bits per heavy atom. The molecule has 7 aliphatic rings. The van der Waals surface area contributed by atoms with Crippen molar-refractivity contribution in [2.45, 2.75) is 191 Å². The van der Waals surface area contributed by atoms with Gasteiger partial charge >= 0.3 is 5.97 Å². The van der Waals surface area contributed by atoms with Crippen LogP contribution in [-0.2, 0) is 52.2 Å². The van der Waals surface area contributed by atoms with E-state index >= 15 is 0 Å². The van der Waals surface area contributed by atoms with Crippen molar-refractivity contribution in [1.29, 1.82) is 0 Å². The van der Waals surface area contributed by atoms with Gasteiger partial charge in [-0.25, -0.2) is 0 Å². The van der Waals surface area contributed by atoms with Gasteiger partial charge in [0.1, 0.15) is 42.0 Å². The van der Waals surface area contributed by atoms with Gasteiger partial charge < -0.3 is 62.7 Å². The van der Waals surface area contributed by atoms with Crippen LogP contribution in [0.2, 0.25) is 0 Å². The minimum atomic E-state index is -1.84. The lowest BCUT2D eigenvalue weighted by molar-refractivity contribution is -0.318. The number of aliphatic hydroxyl groups is 3. The molecule has 62 heavy (non-hydrogen) atoms. The summed E-state index contributed by atoms with van der Waals surface area (Å²) in [6.07, 6.45) is 8.55. The maximum atomic E-state index is 14.3. The van der Waals surface area contributed by atoms with Gasteiger partial charge in [-0.3, -0.25) is 4.79 Å². The summed E-state index contributed by atoms with van der Waals surface area (Å²) in [5.41, 5.74) is 0.134. The van der Waals surface area contributed by atoms with Crippen molar-refractivity contribution in [2.24, 2.45) is 23.7 Å². The molecule has 4 saturated heterocycles. The number of carbonyl (C=O) groups is 1. The van der Waals surface area contributed by atoms with Gasteiger partial charge in [0.2, 0.25) is 0 Å². The molecule has 3 N–H and O–H groups in total. The molecule has 348 valence electrons. The van der Waals surface area contributed by atoms with Gasteiger partial charge in [-0.15, -0.1) is 0 Å². The van der Waals surface area contributed by atoms with Crippen LogP contribution >= 0.6 is 0 Å². The second-order valence-corrected chi connectivity index (χ2v) is 19.0. The van der Waals surface area contributed by atoms with Crippen LogP contribution in [0.4, 0.5) is 0 Å². The van der Waals surface area contributed by atoms with E-state index in [0.29, 0.717) is 43.3 Å². The minimum absolute atomic E-state index is 0.0317. The highest BCUT2D eigenvalue weighted by Gasteiger charge is 2.60. The summed E-state index contributed by atoms with van der Waals surface area (Å²) in [7, 11) is 3.22. The van der Waals surface area contributed by atoms with Crippen LogP contribution in [0.1, 0.15) is 93.9 Å². The summed E-state index contributed by atoms with van der Waals surface area (Å²) in [4.78, 5) is 14.3. The molecule has 14 heteroatoms. The normalized spacial score (nSPS) is 49.1. The largest absolute Gasteiger partial charge is 0.462 e. The van der Waals surface area contributed by atoms with Gasteiger partial charge in [-0.1, -0.05) is 70.6 Å². The van der Waals surface area contributed by atoms with Crippen LogP contribution in [0.25, 0.3) is 0 Å². The molecule has 2 unspecified atom stereocenters. The van der Waals surface area contributed by atoms with Crippen LogP contribution < -0.4 is 0 Å². The number of hydrogen-bond acceptors (Lipinski definition) is 14. The summed E-state index contributed by atoms with van der Waals surface area (Å²) in [6, 6.07) is 0. The second kappa shape index (κ2) is 19.7. The van der Waals surface area contributed by atoms with E-state index in [4.69, 9.17) is 47.4 Å². The molecule has 0 aromatic heterocycles. The molecule has 1 spiro atoms. The van der Waals surface area contributed by atoms with E-state index in [-0.39, 0.29) is 42.7 Å². The molecule has 1 aliphatic carbocycles. The fourth-order valence-electron chi connectivity index (χ4n) is 10.6. The molecule has 6 heterocycles. The fourth-order valence-corrected chi connectivity index (χ4v) is 10.6. The fraction of sp³-hybridized carbons (Fsp3) is 0.771. The third-order valence-electron chi connectivity index (χ3n) is 14.5. The molecule has 20 atom stereocenters. The summed E-state index contributed by atoms with van der Waals surface area (Å²) >= 11 is 0. The molecule has 0 aromatic rings. The van der Waals surface area contributed by atoms with Crippen LogP contribution in [0, 0.1) is 23.7 Å². The molecule has 0 amide bonds. The molecule has 7 rings (SSSR count). The lowest BCUT2D eigenvalue weighted by atomic mass is 9.71. The average molecular weight is 873 g/mol. The van der Waals surface area contributed by atoms with Crippen molar-refractivity contribution < 1.29 is 67.5 Å². The molecule has 0 saturated carbocycles.